The third-order valence-electron chi connectivity index (χ3n) is 3.29. The molecule has 1 aromatic carbocycles. The van der Waals surface area contributed by atoms with Crippen LogP contribution in [0.25, 0.3) is 0 Å². The van der Waals surface area contributed by atoms with Gasteiger partial charge in [0, 0.05) is 13.1 Å². The summed E-state index contributed by atoms with van der Waals surface area (Å²) >= 11 is 0. The molecule has 1 aromatic rings. The maximum atomic E-state index is 13.4. The van der Waals surface area contributed by atoms with Crippen LogP contribution in [0.2, 0.25) is 0 Å². The maximum absolute atomic E-state index is 13.4. The van der Waals surface area contributed by atoms with Gasteiger partial charge in [-0.3, -0.25) is 0 Å². The highest BCUT2D eigenvalue weighted by atomic mass is 19.1. The number of anilines is 2. The molecule has 0 spiro atoms. The minimum atomic E-state index is -0.219. The van der Waals surface area contributed by atoms with Crippen LogP contribution in [0.1, 0.15) is 40.5 Å². The lowest BCUT2D eigenvalue weighted by atomic mass is 10.1. The van der Waals surface area contributed by atoms with E-state index in [0.29, 0.717) is 17.5 Å². The van der Waals surface area contributed by atoms with Crippen LogP contribution >= 0.6 is 0 Å². The Hall–Kier alpha value is -1.25. The molecule has 2 nitrogen and oxygen atoms in total. The Kier molecular flexibility index (Phi) is 6.13. The molecule has 108 valence electrons. The summed E-state index contributed by atoms with van der Waals surface area (Å²) in [6.45, 7) is 10.7. The topological polar surface area (TPSA) is 29.3 Å². The van der Waals surface area contributed by atoms with E-state index in [9.17, 15) is 4.39 Å². The van der Waals surface area contributed by atoms with Gasteiger partial charge in [-0.05, 0) is 42.9 Å². The van der Waals surface area contributed by atoms with Gasteiger partial charge in [-0.1, -0.05) is 27.7 Å². The molecule has 0 aliphatic heterocycles. The van der Waals surface area contributed by atoms with E-state index >= 15 is 0 Å². The molecule has 0 aliphatic rings. The minimum Gasteiger partial charge on any atom is -0.397 e. The Bertz CT molecular complexity index is 376. The third-order valence-corrected chi connectivity index (χ3v) is 3.29. The van der Waals surface area contributed by atoms with E-state index in [1.807, 2.05) is 0 Å². The monoisotopic (exact) mass is 266 g/mol. The number of hydrogen-bond donors (Lipinski definition) is 1. The van der Waals surface area contributed by atoms with Crippen molar-refractivity contribution in [2.24, 2.45) is 11.8 Å². The van der Waals surface area contributed by atoms with Gasteiger partial charge in [0.05, 0.1) is 11.4 Å². The van der Waals surface area contributed by atoms with Gasteiger partial charge in [-0.2, -0.15) is 0 Å². The smallest absolute Gasteiger partial charge is 0.125 e. The highest BCUT2D eigenvalue weighted by Crippen LogP contribution is 2.25. The average Bonchev–Trinajstić information content (AvgIpc) is 2.32. The average molecular weight is 266 g/mol. The Balaban J connectivity index is 2.83. The van der Waals surface area contributed by atoms with Gasteiger partial charge >= 0.3 is 0 Å². The molecule has 0 amide bonds. The molecular weight excluding hydrogens is 239 g/mol. The molecule has 2 N–H and O–H groups in total. The lowest BCUT2D eigenvalue weighted by Crippen LogP contribution is -2.28. The molecule has 1 rings (SSSR count). The van der Waals surface area contributed by atoms with Crippen molar-refractivity contribution in [2.75, 3.05) is 23.7 Å². The van der Waals surface area contributed by atoms with Crippen molar-refractivity contribution < 1.29 is 4.39 Å². The van der Waals surface area contributed by atoms with Crippen molar-refractivity contribution in [3.05, 3.63) is 24.0 Å². The van der Waals surface area contributed by atoms with Crippen molar-refractivity contribution in [1.82, 2.24) is 0 Å². The molecule has 0 bridgehead atoms. The molecule has 0 aliphatic carbocycles. The number of halogens is 1. The zero-order valence-electron chi connectivity index (χ0n) is 12.6. The van der Waals surface area contributed by atoms with Gasteiger partial charge < -0.3 is 10.6 Å². The van der Waals surface area contributed by atoms with Crippen LogP contribution in [0.3, 0.4) is 0 Å². The first kappa shape index (κ1) is 15.8. The lowest BCUT2D eigenvalue weighted by molar-refractivity contribution is 0.534. The fourth-order valence-corrected chi connectivity index (χ4v) is 1.97. The molecule has 0 unspecified atom stereocenters. The van der Waals surface area contributed by atoms with E-state index in [2.05, 4.69) is 32.6 Å². The van der Waals surface area contributed by atoms with Crippen LogP contribution in [0.5, 0.6) is 0 Å². The minimum absolute atomic E-state index is 0.219. The number of nitrogen functional groups attached to an aromatic ring is 1. The van der Waals surface area contributed by atoms with E-state index in [1.54, 1.807) is 12.1 Å². The van der Waals surface area contributed by atoms with Gasteiger partial charge in [0.2, 0.25) is 0 Å². The quantitative estimate of drug-likeness (QED) is 0.745. The summed E-state index contributed by atoms with van der Waals surface area (Å²) in [5, 5.41) is 0. The predicted molar refractivity (Wildman–Crippen MR) is 81.9 cm³/mol. The summed E-state index contributed by atoms with van der Waals surface area (Å²) in [7, 11) is 0. The Labute approximate surface area is 116 Å². The highest BCUT2D eigenvalue weighted by Gasteiger charge is 2.12. The molecule has 0 radical (unpaired) electrons. The maximum Gasteiger partial charge on any atom is 0.125 e. The van der Waals surface area contributed by atoms with Crippen molar-refractivity contribution in [1.29, 1.82) is 0 Å². The molecular formula is C16H27FN2. The molecule has 0 aromatic heterocycles. The lowest BCUT2D eigenvalue weighted by Gasteiger charge is -2.27. The van der Waals surface area contributed by atoms with Gasteiger partial charge in [-0.15, -0.1) is 0 Å². The van der Waals surface area contributed by atoms with Gasteiger partial charge in [0.15, 0.2) is 0 Å². The Morgan fingerprint density at radius 3 is 2.05 bits per heavy atom. The van der Waals surface area contributed by atoms with Crippen molar-refractivity contribution in [3.8, 4) is 0 Å². The summed E-state index contributed by atoms with van der Waals surface area (Å²) in [4.78, 5) is 2.22. The van der Waals surface area contributed by atoms with Gasteiger partial charge in [-0.25, -0.2) is 4.39 Å². The molecule has 0 heterocycles. The van der Waals surface area contributed by atoms with E-state index in [0.717, 1.165) is 31.6 Å². The first-order valence-electron chi connectivity index (χ1n) is 7.20. The number of nitrogens with zero attached hydrogens (tertiary/aromatic N) is 1. The Morgan fingerprint density at radius 1 is 1.05 bits per heavy atom. The number of benzene rings is 1. The standard InChI is InChI=1S/C16H27FN2/c1-12(2)7-9-19(10-8-13(3)4)16-11-14(17)5-6-15(16)18/h5-6,11-13H,7-10,18H2,1-4H3. The van der Waals surface area contributed by atoms with Crippen LogP contribution in [-0.4, -0.2) is 13.1 Å². The van der Waals surface area contributed by atoms with Crippen LogP contribution in [0.15, 0.2) is 18.2 Å². The second kappa shape index (κ2) is 7.37. The van der Waals surface area contributed by atoms with E-state index in [1.165, 1.54) is 6.07 Å². The molecule has 0 fully saturated rings. The predicted octanol–water partition coefficient (Wildman–Crippen LogP) is 4.31. The van der Waals surface area contributed by atoms with Crippen molar-refractivity contribution in [3.63, 3.8) is 0 Å². The van der Waals surface area contributed by atoms with Crippen LogP contribution < -0.4 is 10.6 Å². The summed E-state index contributed by atoms with van der Waals surface area (Å²) in [6, 6.07) is 4.63. The third kappa shape index (κ3) is 5.50. The van der Waals surface area contributed by atoms with Crippen LogP contribution in [0, 0.1) is 17.7 Å². The van der Waals surface area contributed by atoms with E-state index in [-0.39, 0.29) is 5.82 Å². The van der Waals surface area contributed by atoms with Crippen LogP contribution in [0.4, 0.5) is 15.8 Å². The summed E-state index contributed by atoms with van der Waals surface area (Å²) < 4.78 is 13.4. The molecule has 3 heteroatoms. The molecule has 0 saturated heterocycles. The molecule has 19 heavy (non-hydrogen) atoms. The van der Waals surface area contributed by atoms with E-state index in [4.69, 9.17) is 5.73 Å². The number of hydrogen-bond acceptors (Lipinski definition) is 2. The SMILES string of the molecule is CC(C)CCN(CCC(C)C)c1cc(F)ccc1N. The second-order valence-electron chi connectivity index (χ2n) is 6.06. The van der Waals surface area contributed by atoms with Gasteiger partial charge in [0.1, 0.15) is 5.82 Å². The number of nitrogens with two attached hydrogens (primary N) is 1. The second-order valence-corrected chi connectivity index (χ2v) is 6.06. The summed E-state index contributed by atoms with van der Waals surface area (Å²) in [5.41, 5.74) is 7.49. The van der Waals surface area contributed by atoms with Gasteiger partial charge in [0.25, 0.3) is 0 Å². The fraction of sp³-hybridized carbons (Fsp3) is 0.625. The summed E-state index contributed by atoms with van der Waals surface area (Å²) in [5.74, 6) is 1.05. The fourth-order valence-electron chi connectivity index (χ4n) is 1.97. The first-order valence-corrected chi connectivity index (χ1v) is 7.20. The van der Waals surface area contributed by atoms with Crippen LogP contribution in [-0.2, 0) is 0 Å². The zero-order chi connectivity index (χ0) is 14.4. The number of rotatable bonds is 7. The highest BCUT2D eigenvalue weighted by molar-refractivity contribution is 5.67. The van der Waals surface area contributed by atoms with E-state index < -0.39 is 0 Å². The molecule has 0 saturated carbocycles. The first-order chi connectivity index (χ1) is 8.90. The Morgan fingerprint density at radius 2 is 1.58 bits per heavy atom. The van der Waals surface area contributed by atoms with Crippen molar-refractivity contribution in [2.45, 2.75) is 40.5 Å². The largest absolute Gasteiger partial charge is 0.397 e. The molecule has 0 atom stereocenters. The van der Waals surface area contributed by atoms with Crippen molar-refractivity contribution >= 4 is 11.4 Å². The zero-order valence-corrected chi connectivity index (χ0v) is 12.6. The normalized spacial score (nSPS) is 11.3. The summed E-state index contributed by atoms with van der Waals surface area (Å²) in [6.07, 6.45) is 2.18.